The van der Waals surface area contributed by atoms with Gasteiger partial charge < -0.3 is 5.32 Å². The van der Waals surface area contributed by atoms with Crippen LogP contribution < -0.4 is 16.6 Å². The number of hydrogen-bond donors (Lipinski definition) is 3. The molecule has 0 aromatic carbocycles. The predicted molar refractivity (Wildman–Crippen MR) is 70.9 cm³/mol. The van der Waals surface area contributed by atoms with Crippen molar-refractivity contribution in [3.05, 3.63) is 41.3 Å². The molecule has 2 aromatic heterocycles. The van der Waals surface area contributed by atoms with E-state index in [1.807, 2.05) is 38.1 Å². The molecular weight excluding hydrogens is 228 g/mol. The van der Waals surface area contributed by atoms with E-state index in [4.69, 9.17) is 5.84 Å². The van der Waals surface area contributed by atoms with Crippen molar-refractivity contribution in [3.63, 3.8) is 0 Å². The van der Waals surface area contributed by atoms with E-state index in [0.29, 0.717) is 12.5 Å². The fraction of sp³-hybridized carbons (Fsp3) is 0.250. The lowest BCUT2D eigenvalue weighted by atomic mass is 10.3. The minimum absolute atomic E-state index is 0.398. The lowest BCUT2D eigenvalue weighted by Gasteiger charge is -2.08. The zero-order valence-corrected chi connectivity index (χ0v) is 10.4. The normalized spacial score (nSPS) is 10.2. The van der Waals surface area contributed by atoms with Gasteiger partial charge in [0, 0.05) is 17.5 Å². The molecule has 0 aliphatic carbocycles. The summed E-state index contributed by atoms with van der Waals surface area (Å²) in [6.07, 6.45) is 0. The summed E-state index contributed by atoms with van der Waals surface area (Å²) in [6, 6.07) is 7.78. The highest BCUT2D eigenvalue weighted by atomic mass is 15.3. The second-order valence-electron chi connectivity index (χ2n) is 3.99. The molecule has 94 valence electrons. The molecule has 0 unspecified atom stereocenters. The first kappa shape index (κ1) is 12.3. The van der Waals surface area contributed by atoms with Crippen LogP contribution in [0.25, 0.3) is 0 Å². The Morgan fingerprint density at radius 1 is 1.11 bits per heavy atom. The van der Waals surface area contributed by atoms with Crippen LogP contribution in [-0.4, -0.2) is 15.0 Å². The number of nitrogen functional groups attached to an aromatic ring is 1. The summed E-state index contributed by atoms with van der Waals surface area (Å²) in [5, 5.41) is 3.19. The van der Waals surface area contributed by atoms with E-state index in [1.165, 1.54) is 0 Å². The van der Waals surface area contributed by atoms with Crippen molar-refractivity contribution in [3.8, 4) is 0 Å². The quantitative estimate of drug-likeness (QED) is 0.556. The van der Waals surface area contributed by atoms with Crippen LogP contribution in [0.4, 0.5) is 11.8 Å². The van der Waals surface area contributed by atoms with Gasteiger partial charge in [-0.2, -0.15) is 4.98 Å². The van der Waals surface area contributed by atoms with E-state index < -0.39 is 0 Å². The van der Waals surface area contributed by atoms with Crippen molar-refractivity contribution >= 4 is 11.8 Å². The lowest BCUT2D eigenvalue weighted by molar-refractivity contribution is 0.989. The molecule has 18 heavy (non-hydrogen) atoms. The van der Waals surface area contributed by atoms with Gasteiger partial charge in [-0.05, 0) is 26.0 Å². The van der Waals surface area contributed by atoms with Crippen LogP contribution in [-0.2, 0) is 6.54 Å². The Balaban J connectivity index is 2.08. The Kier molecular flexibility index (Phi) is 3.69. The van der Waals surface area contributed by atoms with Gasteiger partial charge in [0.1, 0.15) is 5.82 Å². The molecule has 0 radical (unpaired) electrons. The first-order chi connectivity index (χ1) is 8.67. The summed E-state index contributed by atoms with van der Waals surface area (Å²) >= 11 is 0. The Hall–Kier alpha value is -2.21. The average Bonchev–Trinajstić information content (AvgIpc) is 2.36. The highest BCUT2D eigenvalue weighted by Gasteiger charge is 2.01. The molecule has 0 amide bonds. The van der Waals surface area contributed by atoms with Crippen LogP contribution in [0.1, 0.15) is 17.1 Å². The monoisotopic (exact) mass is 244 g/mol. The molecule has 0 saturated heterocycles. The number of nitrogens with two attached hydrogens (primary N) is 1. The van der Waals surface area contributed by atoms with Gasteiger partial charge in [-0.1, -0.05) is 6.07 Å². The largest absolute Gasteiger partial charge is 0.364 e. The number of nitrogens with one attached hydrogen (secondary N) is 2. The van der Waals surface area contributed by atoms with Crippen LogP contribution in [0.2, 0.25) is 0 Å². The molecule has 0 atom stereocenters. The fourth-order valence-electron chi connectivity index (χ4n) is 1.60. The summed E-state index contributed by atoms with van der Waals surface area (Å²) in [5.74, 6) is 6.42. The Labute approximate surface area is 106 Å². The first-order valence-electron chi connectivity index (χ1n) is 5.66. The third kappa shape index (κ3) is 3.14. The second kappa shape index (κ2) is 5.42. The minimum atomic E-state index is 0.398. The maximum Gasteiger partial charge on any atom is 0.239 e. The van der Waals surface area contributed by atoms with Gasteiger partial charge in [-0.25, -0.2) is 10.8 Å². The molecule has 0 fully saturated rings. The summed E-state index contributed by atoms with van der Waals surface area (Å²) in [5.41, 5.74) is 5.25. The number of hydrazine groups is 1. The van der Waals surface area contributed by atoms with Gasteiger partial charge in [0.15, 0.2) is 0 Å². The number of hydrogen-bond acceptors (Lipinski definition) is 6. The topological polar surface area (TPSA) is 88.8 Å². The predicted octanol–water partition coefficient (Wildman–Crippen LogP) is 1.39. The molecule has 0 aliphatic heterocycles. The van der Waals surface area contributed by atoms with Gasteiger partial charge >= 0.3 is 0 Å². The maximum absolute atomic E-state index is 5.30. The van der Waals surface area contributed by atoms with Crippen molar-refractivity contribution in [1.82, 2.24) is 15.0 Å². The Bertz CT molecular complexity index is 540. The SMILES string of the molecule is Cc1cccc(CNc2cc(C)nc(NN)n2)n1. The van der Waals surface area contributed by atoms with Crippen molar-refractivity contribution in [2.45, 2.75) is 20.4 Å². The molecule has 0 bridgehead atoms. The van der Waals surface area contributed by atoms with E-state index >= 15 is 0 Å². The summed E-state index contributed by atoms with van der Waals surface area (Å²) in [7, 11) is 0. The molecule has 0 saturated carbocycles. The van der Waals surface area contributed by atoms with E-state index in [0.717, 1.165) is 22.9 Å². The standard InChI is InChI=1S/C12H16N6/c1-8-4-3-5-10(15-8)7-14-11-6-9(2)16-12(17-11)18-13/h3-6H,7,13H2,1-2H3,(H2,14,16,17,18). The molecule has 2 heterocycles. The number of anilines is 2. The molecule has 6 nitrogen and oxygen atoms in total. The summed E-state index contributed by atoms with van der Waals surface area (Å²) < 4.78 is 0. The van der Waals surface area contributed by atoms with Gasteiger partial charge in [-0.3, -0.25) is 10.4 Å². The fourth-order valence-corrected chi connectivity index (χ4v) is 1.60. The number of pyridine rings is 1. The van der Waals surface area contributed by atoms with Crippen molar-refractivity contribution in [1.29, 1.82) is 0 Å². The first-order valence-corrected chi connectivity index (χ1v) is 5.66. The zero-order chi connectivity index (χ0) is 13.0. The number of rotatable bonds is 4. The van der Waals surface area contributed by atoms with Crippen molar-refractivity contribution in [2.75, 3.05) is 10.7 Å². The Morgan fingerprint density at radius 3 is 2.67 bits per heavy atom. The Morgan fingerprint density at radius 2 is 1.94 bits per heavy atom. The zero-order valence-electron chi connectivity index (χ0n) is 10.4. The molecule has 2 rings (SSSR count). The second-order valence-corrected chi connectivity index (χ2v) is 3.99. The summed E-state index contributed by atoms with van der Waals surface area (Å²) in [4.78, 5) is 12.7. The van der Waals surface area contributed by atoms with Crippen molar-refractivity contribution in [2.24, 2.45) is 5.84 Å². The summed E-state index contributed by atoms with van der Waals surface area (Å²) in [6.45, 7) is 4.47. The van der Waals surface area contributed by atoms with Crippen LogP contribution in [0.15, 0.2) is 24.3 Å². The molecule has 2 aromatic rings. The third-order valence-electron chi connectivity index (χ3n) is 2.38. The number of aryl methyl sites for hydroxylation is 2. The smallest absolute Gasteiger partial charge is 0.239 e. The molecule has 6 heteroatoms. The van der Waals surface area contributed by atoms with E-state index in [-0.39, 0.29) is 0 Å². The van der Waals surface area contributed by atoms with Gasteiger partial charge in [0.05, 0.1) is 12.2 Å². The average molecular weight is 244 g/mol. The van der Waals surface area contributed by atoms with E-state index in [9.17, 15) is 0 Å². The number of aromatic nitrogens is 3. The van der Waals surface area contributed by atoms with Gasteiger partial charge in [0.2, 0.25) is 5.95 Å². The van der Waals surface area contributed by atoms with E-state index in [2.05, 4.69) is 25.7 Å². The minimum Gasteiger partial charge on any atom is -0.364 e. The van der Waals surface area contributed by atoms with Gasteiger partial charge in [-0.15, -0.1) is 0 Å². The lowest BCUT2D eigenvalue weighted by Crippen LogP contribution is -2.12. The molecule has 4 N–H and O–H groups in total. The molecule has 0 aliphatic rings. The van der Waals surface area contributed by atoms with Crippen molar-refractivity contribution < 1.29 is 0 Å². The highest BCUT2D eigenvalue weighted by Crippen LogP contribution is 2.10. The number of nitrogens with zero attached hydrogens (tertiary/aromatic N) is 3. The van der Waals surface area contributed by atoms with Crippen LogP contribution in [0, 0.1) is 13.8 Å². The maximum atomic E-state index is 5.30. The third-order valence-corrected chi connectivity index (χ3v) is 2.38. The van der Waals surface area contributed by atoms with Crippen LogP contribution >= 0.6 is 0 Å². The van der Waals surface area contributed by atoms with Crippen LogP contribution in [0.5, 0.6) is 0 Å². The highest BCUT2D eigenvalue weighted by molar-refractivity contribution is 5.41. The van der Waals surface area contributed by atoms with E-state index in [1.54, 1.807) is 0 Å². The van der Waals surface area contributed by atoms with Gasteiger partial charge in [0.25, 0.3) is 0 Å². The molecular formula is C12H16N6. The molecule has 0 spiro atoms. The van der Waals surface area contributed by atoms with Crippen LogP contribution in [0.3, 0.4) is 0 Å².